The molecule has 0 radical (unpaired) electrons. The van der Waals surface area contributed by atoms with Gasteiger partial charge in [0.2, 0.25) is 0 Å². The molecule has 0 aliphatic carbocycles. The lowest BCUT2D eigenvalue weighted by molar-refractivity contribution is -0.142. The fourth-order valence-electron chi connectivity index (χ4n) is 1.96. The molecule has 8 heteroatoms. The smallest absolute Gasteiger partial charge is 0.283 e. The molecule has 1 amide bonds. The quantitative estimate of drug-likeness (QED) is 0.753. The molecule has 0 N–H and O–H groups in total. The summed E-state index contributed by atoms with van der Waals surface area (Å²) in [7, 11) is 0. The summed E-state index contributed by atoms with van der Waals surface area (Å²) in [6.45, 7) is 1.78. The van der Waals surface area contributed by atoms with Crippen LogP contribution in [0.1, 0.15) is 12.5 Å². The van der Waals surface area contributed by atoms with Crippen molar-refractivity contribution in [3.05, 3.63) is 42.1 Å². The maximum atomic E-state index is 11.8. The Balaban J connectivity index is 1.86. The van der Waals surface area contributed by atoms with Gasteiger partial charge >= 0.3 is 5.91 Å². The van der Waals surface area contributed by atoms with Crippen LogP contribution in [-0.4, -0.2) is 38.2 Å². The van der Waals surface area contributed by atoms with Gasteiger partial charge in [-0.05, 0) is 12.5 Å². The molecular weight excluding hydrogens is 286 g/mol. The fourth-order valence-corrected chi connectivity index (χ4v) is 1.96. The summed E-state index contributed by atoms with van der Waals surface area (Å²) in [5.41, 5.74) is 0.933. The number of Topliss-reactive ketones (excluding diaryl/α,β-unsaturated/α-hetero) is 2. The number of hydrogen-bond donors (Lipinski definition) is 0. The third kappa shape index (κ3) is 2.41. The first-order chi connectivity index (χ1) is 10.6. The predicted octanol–water partition coefficient (Wildman–Crippen LogP) is 0.187. The van der Waals surface area contributed by atoms with Crippen molar-refractivity contribution in [2.75, 3.05) is 5.01 Å². The van der Waals surface area contributed by atoms with Gasteiger partial charge in [0.1, 0.15) is 5.71 Å². The van der Waals surface area contributed by atoms with Crippen molar-refractivity contribution in [1.82, 2.24) is 15.0 Å². The zero-order valence-electron chi connectivity index (χ0n) is 11.6. The molecule has 0 bridgehead atoms. The number of rotatable bonds is 3. The van der Waals surface area contributed by atoms with Crippen LogP contribution in [0, 0.1) is 0 Å². The van der Waals surface area contributed by atoms with Crippen molar-refractivity contribution in [3.8, 4) is 0 Å². The zero-order chi connectivity index (χ0) is 15.7. The van der Waals surface area contributed by atoms with Crippen LogP contribution in [0.3, 0.4) is 0 Å². The maximum absolute atomic E-state index is 11.8. The predicted molar refractivity (Wildman–Crippen MR) is 76.2 cm³/mol. The standard InChI is InChI=1S/C14H11N5O3/c1-9-12(20)13(21)14(22)19(16-9)11-7-15-18(17-11)8-10-5-3-2-4-6-10/h2-7H,8H2,1H3. The minimum Gasteiger partial charge on any atom is -0.283 e. The summed E-state index contributed by atoms with van der Waals surface area (Å²) in [6, 6.07) is 9.52. The monoisotopic (exact) mass is 297 g/mol. The molecule has 0 saturated heterocycles. The molecule has 3 rings (SSSR count). The molecule has 0 fully saturated rings. The molecule has 2 heterocycles. The van der Waals surface area contributed by atoms with E-state index < -0.39 is 17.5 Å². The highest BCUT2D eigenvalue weighted by Crippen LogP contribution is 2.14. The highest BCUT2D eigenvalue weighted by atomic mass is 16.2. The molecule has 1 aliphatic heterocycles. The second-order valence-electron chi connectivity index (χ2n) is 4.68. The third-order valence-corrected chi connectivity index (χ3v) is 3.08. The van der Waals surface area contributed by atoms with Crippen molar-refractivity contribution < 1.29 is 14.4 Å². The van der Waals surface area contributed by atoms with Crippen molar-refractivity contribution in [3.63, 3.8) is 0 Å². The van der Waals surface area contributed by atoms with Gasteiger partial charge in [-0.15, -0.1) is 5.10 Å². The van der Waals surface area contributed by atoms with E-state index in [4.69, 9.17) is 0 Å². The van der Waals surface area contributed by atoms with E-state index in [1.165, 1.54) is 17.9 Å². The van der Waals surface area contributed by atoms with Gasteiger partial charge in [-0.3, -0.25) is 14.4 Å². The Labute approximate surface area is 125 Å². The van der Waals surface area contributed by atoms with E-state index in [1.54, 1.807) is 0 Å². The first-order valence-electron chi connectivity index (χ1n) is 6.48. The number of hydrogen-bond acceptors (Lipinski definition) is 6. The van der Waals surface area contributed by atoms with E-state index in [0.29, 0.717) is 6.54 Å². The molecular formula is C14H11N5O3. The first kappa shape index (κ1) is 13.8. The van der Waals surface area contributed by atoms with Gasteiger partial charge in [0.25, 0.3) is 11.6 Å². The van der Waals surface area contributed by atoms with Crippen LogP contribution in [-0.2, 0) is 20.9 Å². The average Bonchev–Trinajstić information content (AvgIpc) is 2.98. The van der Waals surface area contributed by atoms with Gasteiger partial charge in [-0.25, -0.2) is 0 Å². The van der Waals surface area contributed by atoms with Gasteiger partial charge in [0.15, 0.2) is 5.82 Å². The molecule has 1 aromatic carbocycles. The van der Waals surface area contributed by atoms with E-state index in [0.717, 1.165) is 10.6 Å². The van der Waals surface area contributed by atoms with Gasteiger partial charge in [-0.1, -0.05) is 30.3 Å². The maximum Gasteiger partial charge on any atom is 0.324 e. The van der Waals surface area contributed by atoms with Crippen LogP contribution in [0.2, 0.25) is 0 Å². The van der Waals surface area contributed by atoms with Crippen LogP contribution in [0.5, 0.6) is 0 Å². The number of amides is 1. The zero-order valence-corrected chi connectivity index (χ0v) is 11.6. The average molecular weight is 297 g/mol. The third-order valence-electron chi connectivity index (χ3n) is 3.08. The number of carbonyl (C=O) groups excluding carboxylic acids is 3. The van der Waals surface area contributed by atoms with Gasteiger partial charge in [0.05, 0.1) is 12.7 Å². The molecule has 22 heavy (non-hydrogen) atoms. The normalized spacial score (nSPS) is 15.2. The summed E-state index contributed by atoms with van der Waals surface area (Å²) in [4.78, 5) is 36.1. The summed E-state index contributed by atoms with van der Waals surface area (Å²) < 4.78 is 0. The molecule has 2 aromatic rings. The van der Waals surface area contributed by atoms with Crippen LogP contribution in [0.15, 0.2) is 41.6 Å². The van der Waals surface area contributed by atoms with Crippen molar-refractivity contribution in [2.24, 2.45) is 5.10 Å². The highest BCUT2D eigenvalue weighted by molar-refractivity contribution is 6.81. The van der Waals surface area contributed by atoms with Crippen molar-refractivity contribution >= 4 is 29.0 Å². The van der Waals surface area contributed by atoms with Crippen LogP contribution < -0.4 is 5.01 Å². The molecule has 0 unspecified atom stereocenters. The second-order valence-corrected chi connectivity index (χ2v) is 4.68. The highest BCUT2D eigenvalue weighted by Gasteiger charge is 2.36. The SMILES string of the molecule is CC1=NN(c2cnn(Cc3ccccc3)n2)C(=O)C(=O)C1=O. The molecule has 0 atom stereocenters. The Morgan fingerprint density at radius 1 is 1.05 bits per heavy atom. The van der Waals surface area contributed by atoms with E-state index in [9.17, 15) is 14.4 Å². The number of carbonyl (C=O) groups is 3. The molecule has 0 saturated carbocycles. The summed E-state index contributed by atoms with van der Waals surface area (Å²) in [5, 5.41) is 12.7. The van der Waals surface area contributed by atoms with Crippen LogP contribution in [0.25, 0.3) is 0 Å². The number of aromatic nitrogens is 3. The van der Waals surface area contributed by atoms with Gasteiger partial charge in [0, 0.05) is 0 Å². The number of anilines is 1. The van der Waals surface area contributed by atoms with E-state index in [2.05, 4.69) is 15.3 Å². The largest absolute Gasteiger partial charge is 0.324 e. The van der Waals surface area contributed by atoms with E-state index in [-0.39, 0.29) is 11.5 Å². The van der Waals surface area contributed by atoms with Crippen molar-refractivity contribution in [1.29, 1.82) is 0 Å². The van der Waals surface area contributed by atoms with Crippen LogP contribution in [0.4, 0.5) is 5.82 Å². The van der Waals surface area contributed by atoms with E-state index in [1.807, 2.05) is 30.3 Å². The molecule has 0 spiro atoms. The fraction of sp³-hybridized carbons (Fsp3) is 0.143. The van der Waals surface area contributed by atoms with Crippen LogP contribution >= 0.6 is 0 Å². The topological polar surface area (TPSA) is 97.5 Å². The molecule has 1 aliphatic rings. The number of ketones is 2. The number of nitrogens with zero attached hydrogens (tertiary/aromatic N) is 5. The number of hydrazone groups is 1. The summed E-state index contributed by atoms with van der Waals surface area (Å²) in [5.74, 6) is -2.94. The van der Waals surface area contributed by atoms with Crippen molar-refractivity contribution in [2.45, 2.75) is 13.5 Å². The Morgan fingerprint density at radius 3 is 2.50 bits per heavy atom. The molecule has 110 valence electrons. The lowest BCUT2D eigenvalue weighted by atomic mass is 10.1. The van der Waals surface area contributed by atoms with Gasteiger partial charge < -0.3 is 0 Å². The minimum absolute atomic E-state index is 0.0535. The molecule has 1 aromatic heterocycles. The van der Waals surface area contributed by atoms with Gasteiger partial charge in [-0.2, -0.15) is 20.0 Å². The minimum atomic E-state index is -1.12. The summed E-state index contributed by atoms with van der Waals surface area (Å²) >= 11 is 0. The Kier molecular flexibility index (Phi) is 3.34. The van der Waals surface area contributed by atoms with E-state index >= 15 is 0 Å². The number of benzene rings is 1. The lowest BCUT2D eigenvalue weighted by Crippen LogP contribution is -2.45. The Bertz CT molecular complexity index is 794. The Hall–Kier alpha value is -3.16. The Morgan fingerprint density at radius 2 is 1.77 bits per heavy atom. The summed E-state index contributed by atoms with van der Waals surface area (Å²) in [6.07, 6.45) is 1.32. The first-order valence-corrected chi connectivity index (χ1v) is 6.48. The molecule has 8 nitrogen and oxygen atoms in total. The second kappa shape index (κ2) is 5.32. The lowest BCUT2D eigenvalue weighted by Gasteiger charge is -2.17.